The summed E-state index contributed by atoms with van der Waals surface area (Å²) in [6.45, 7) is 4.59. The minimum Gasteiger partial charge on any atom is -0.338 e. The van der Waals surface area contributed by atoms with Crippen LogP contribution in [0, 0.1) is 0 Å². The number of benzene rings is 1. The molecule has 1 N–H and O–H groups in total. The molecule has 9 heteroatoms. The lowest BCUT2D eigenvalue weighted by Crippen LogP contribution is -2.31. The van der Waals surface area contributed by atoms with Crippen LogP contribution in [-0.2, 0) is 6.18 Å². The van der Waals surface area contributed by atoms with E-state index in [0.717, 1.165) is 18.2 Å². The smallest absolute Gasteiger partial charge is 0.338 e. The van der Waals surface area contributed by atoms with Crippen molar-refractivity contribution in [3.63, 3.8) is 0 Å². The molecule has 1 aromatic carbocycles. The fraction of sp³-hybridized carbons (Fsp3) is 0.278. The van der Waals surface area contributed by atoms with E-state index >= 15 is 0 Å². The van der Waals surface area contributed by atoms with Crippen molar-refractivity contribution in [2.24, 2.45) is 0 Å². The third-order valence-electron chi connectivity index (χ3n) is 3.79. The number of rotatable bonds is 5. The summed E-state index contributed by atoms with van der Waals surface area (Å²) >= 11 is 5.88. The van der Waals surface area contributed by atoms with Gasteiger partial charge in [0.15, 0.2) is 0 Å². The molecule has 27 heavy (non-hydrogen) atoms. The highest BCUT2D eigenvalue weighted by molar-refractivity contribution is 6.33. The van der Waals surface area contributed by atoms with E-state index in [9.17, 15) is 22.8 Å². The van der Waals surface area contributed by atoms with Crippen LogP contribution < -0.4 is 5.32 Å². The van der Waals surface area contributed by atoms with E-state index in [2.05, 4.69) is 10.3 Å². The quantitative estimate of drug-likeness (QED) is 0.805. The molecule has 0 radical (unpaired) electrons. The predicted molar refractivity (Wildman–Crippen MR) is 95.9 cm³/mol. The Bertz CT molecular complexity index is 852. The zero-order chi connectivity index (χ0) is 20.2. The normalized spacial score (nSPS) is 11.2. The number of carbonyl (C=O) groups excluding carboxylic acids is 2. The zero-order valence-corrected chi connectivity index (χ0v) is 15.4. The molecule has 1 aromatic heterocycles. The summed E-state index contributed by atoms with van der Waals surface area (Å²) in [5.41, 5.74) is -1.18. The third-order valence-corrected chi connectivity index (χ3v) is 4.12. The highest BCUT2D eigenvalue weighted by Gasteiger charge is 2.31. The SMILES string of the molecule is CCN(CC)C(=O)c1cccc(C(=O)Nc2cc(C(F)(F)F)ccc2Cl)n1. The van der Waals surface area contributed by atoms with Crippen molar-refractivity contribution in [2.75, 3.05) is 18.4 Å². The third kappa shape index (κ3) is 4.97. The van der Waals surface area contributed by atoms with Gasteiger partial charge in [-0.05, 0) is 44.2 Å². The van der Waals surface area contributed by atoms with Gasteiger partial charge in [0.2, 0.25) is 0 Å². The van der Waals surface area contributed by atoms with Gasteiger partial charge in [0.25, 0.3) is 11.8 Å². The number of hydrogen-bond donors (Lipinski definition) is 1. The molecule has 0 atom stereocenters. The van der Waals surface area contributed by atoms with Gasteiger partial charge >= 0.3 is 6.18 Å². The molecule has 0 saturated carbocycles. The van der Waals surface area contributed by atoms with Gasteiger partial charge in [-0.2, -0.15) is 13.2 Å². The van der Waals surface area contributed by atoms with Crippen molar-refractivity contribution in [2.45, 2.75) is 20.0 Å². The second-order valence-electron chi connectivity index (χ2n) is 5.53. The van der Waals surface area contributed by atoms with Crippen molar-refractivity contribution < 1.29 is 22.8 Å². The lowest BCUT2D eigenvalue weighted by atomic mass is 10.2. The molecule has 2 aromatic rings. The highest BCUT2D eigenvalue weighted by atomic mass is 35.5. The number of pyridine rings is 1. The summed E-state index contributed by atoms with van der Waals surface area (Å²) in [4.78, 5) is 30.3. The fourth-order valence-corrected chi connectivity index (χ4v) is 2.50. The monoisotopic (exact) mass is 399 g/mol. The lowest BCUT2D eigenvalue weighted by Gasteiger charge is -2.18. The van der Waals surface area contributed by atoms with E-state index in [0.29, 0.717) is 13.1 Å². The van der Waals surface area contributed by atoms with Gasteiger partial charge in [-0.15, -0.1) is 0 Å². The molecule has 0 aliphatic carbocycles. The second-order valence-corrected chi connectivity index (χ2v) is 5.94. The van der Waals surface area contributed by atoms with Crippen molar-refractivity contribution in [3.05, 3.63) is 58.4 Å². The van der Waals surface area contributed by atoms with E-state index in [1.807, 2.05) is 13.8 Å². The number of aromatic nitrogens is 1. The molecule has 2 rings (SSSR count). The van der Waals surface area contributed by atoms with Crippen LogP contribution in [0.4, 0.5) is 18.9 Å². The number of anilines is 1. The maximum Gasteiger partial charge on any atom is 0.416 e. The van der Waals surface area contributed by atoms with Gasteiger partial charge in [0, 0.05) is 13.1 Å². The molecule has 0 bridgehead atoms. The average molecular weight is 400 g/mol. The summed E-state index contributed by atoms with van der Waals surface area (Å²) in [7, 11) is 0. The summed E-state index contributed by atoms with van der Waals surface area (Å²) < 4.78 is 38.5. The molecule has 0 saturated heterocycles. The van der Waals surface area contributed by atoms with Crippen LogP contribution in [0.1, 0.15) is 40.4 Å². The van der Waals surface area contributed by atoms with Crippen LogP contribution in [0.3, 0.4) is 0 Å². The molecular weight excluding hydrogens is 383 g/mol. The van der Waals surface area contributed by atoms with Crippen molar-refractivity contribution in [1.29, 1.82) is 0 Å². The Morgan fingerprint density at radius 2 is 1.74 bits per heavy atom. The van der Waals surface area contributed by atoms with Crippen LogP contribution in [0.15, 0.2) is 36.4 Å². The first-order valence-electron chi connectivity index (χ1n) is 8.11. The first kappa shape index (κ1) is 20.7. The Balaban J connectivity index is 2.27. The number of amides is 2. The van der Waals surface area contributed by atoms with Gasteiger partial charge < -0.3 is 10.2 Å². The number of nitrogens with one attached hydrogen (secondary N) is 1. The van der Waals surface area contributed by atoms with E-state index in [1.165, 1.54) is 23.1 Å². The number of alkyl halides is 3. The number of nitrogens with zero attached hydrogens (tertiary/aromatic N) is 2. The fourth-order valence-electron chi connectivity index (χ4n) is 2.34. The zero-order valence-electron chi connectivity index (χ0n) is 14.6. The van der Waals surface area contributed by atoms with E-state index < -0.39 is 17.6 Å². The van der Waals surface area contributed by atoms with Crippen molar-refractivity contribution in [1.82, 2.24) is 9.88 Å². The van der Waals surface area contributed by atoms with Crippen LogP contribution in [0.25, 0.3) is 0 Å². The van der Waals surface area contributed by atoms with E-state index in [1.54, 1.807) is 0 Å². The molecule has 0 spiro atoms. The van der Waals surface area contributed by atoms with Crippen LogP contribution in [0.5, 0.6) is 0 Å². The molecule has 0 aliphatic rings. The maximum absolute atomic E-state index is 12.8. The Morgan fingerprint density at radius 1 is 1.11 bits per heavy atom. The molecule has 0 unspecified atom stereocenters. The van der Waals surface area contributed by atoms with Gasteiger partial charge in [0.1, 0.15) is 11.4 Å². The number of halogens is 4. The Hall–Kier alpha value is -2.61. The van der Waals surface area contributed by atoms with Crippen molar-refractivity contribution in [3.8, 4) is 0 Å². The molecule has 5 nitrogen and oxygen atoms in total. The lowest BCUT2D eigenvalue weighted by molar-refractivity contribution is -0.137. The highest BCUT2D eigenvalue weighted by Crippen LogP contribution is 2.33. The van der Waals surface area contributed by atoms with E-state index in [-0.39, 0.29) is 28.0 Å². The molecule has 0 fully saturated rings. The Kier molecular flexibility index (Phi) is 6.43. The van der Waals surface area contributed by atoms with Gasteiger partial charge in [-0.25, -0.2) is 4.98 Å². The molecule has 2 amide bonds. The summed E-state index contributed by atoms with van der Waals surface area (Å²) in [6, 6.07) is 6.91. The number of carbonyl (C=O) groups is 2. The summed E-state index contributed by atoms with van der Waals surface area (Å²) in [6.07, 6.45) is -4.57. The molecule has 144 valence electrons. The Morgan fingerprint density at radius 3 is 2.33 bits per heavy atom. The van der Waals surface area contributed by atoms with Gasteiger partial charge in [-0.1, -0.05) is 17.7 Å². The van der Waals surface area contributed by atoms with Crippen LogP contribution in [0.2, 0.25) is 5.02 Å². The van der Waals surface area contributed by atoms with Gasteiger partial charge in [-0.3, -0.25) is 9.59 Å². The standard InChI is InChI=1S/C18H17ClF3N3O2/c1-3-25(4-2)17(27)14-7-5-6-13(23-14)16(26)24-15-10-11(18(20,21)22)8-9-12(15)19/h5-10H,3-4H2,1-2H3,(H,24,26). The molecular formula is C18H17ClF3N3O2. The van der Waals surface area contributed by atoms with Gasteiger partial charge in [0.05, 0.1) is 16.3 Å². The second kappa shape index (κ2) is 8.39. The van der Waals surface area contributed by atoms with Crippen LogP contribution >= 0.6 is 11.6 Å². The minimum absolute atomic E-state index is 0.0493. The Labute approximate surface area is 159 Å². The first-order valence-corrected chi connectivity index (χ1v) is 8.49. The summed E-state index contributed by atoms with van der Waals surface area (Å²) in [5.74, 6) is -1.11. The van der Waals surface area contributed by atoms with Crippen molar-refractivity contribution >= 4 is 29.1 Å². The molecule has 1 heterocycles. The first-order chi connectivity index (χ1) is 12.7. The maximum atomic E-state index is 12.8. The molecule has 0 aliphatic heterocycles. The largest absolute Gasteiger partial charge is 0.416 e. The predicted octanol–water partition coefficient (Wildman–Crippen LogP) is 4.49. The average Bonchev–Trinajstić information content (AvgIpc) is 2.63. The topological polar surface area (TPSA) is 62.3 Å². The summed E-state index contributed by atoms with van der Waals surface area (Å²) in [5, 5.41) is 2.25. The minimum atomic E-state index is -4.57. The van der Waals surface area contributed by atoms with E-state index in [4.69, 9.17) is 11.6 Å². The van der Waals surface area contributed by atoms with Crippen LogP contribution in [-0.4, -0.2) is 34.8 Å². The number of hydrogen-bond acceptors (Lipinski definition) is 3.